The number of nitrogens with zero attached hydrogens (tertiary/aromatic N) is 2. The van der Waals surface area contributed by atoms with E-state index >= 15 is 0 Å². The summed E-state index contributed by atoms with van der Waals surface area (Å²) in [7, 11) is 0. The lowest BCUT2D eigenvalue weighted by Crippen LogP contribution is -2.37. The highest BCUT2D eigenvalue weighted by molar-refractivity contribution is 6.35. The average Bonchev–Trinajstić information content (AvgIpc) is 2.93. The fourth-order valence-electron chi connectivity index (χ4n) is 4.74. The van der Waals surface area contributed by atoms with Crippen molar-refractivity contribution in [1.82, 2.24) is 9.88 Å². The first-order valence-corrected chi connectivity index (χ1v) is 12.4. The van der Waals surface area contributed by atoms with Gasteiger partial charge in [0.15, 0.2) is 0 Å². The molecular weight excluding hydrogens is 482 g/mol. The number of aromatic hydroxyl groups is 1. The number of primary amides is 1. The Labute approximate surface area is 220 Å². The van der Waals surface area contributed by atoms with Gasteiger partial charge in [0.2, 0.25) is 5.91 Å². The van der Waals surface area contributed by atoms with E-state index in [0.29, 0.717) is 28.0 Å². The lowest BCUT2D eigenvalue weighted by Gasteiger charge is -2.32. The number of hydrogen-bond donors (Lipinski definition) is 2. The fraction of sp³-hybridized carbons (Fsp3) is 0.0968. The highest BCUT2D eigenvalue weighted by atomic mass is 35.5. The lowest BCUT2D eigenvalue weighted by atomic mass is 9.94. The third kappa shape index (κ3) is 5.33. The normalized spacial score (nSPS) is 12.1. The summed E-state index contributed by atoms with van der Waals surface area (Å²) in [5.41, 5.74) is 10.8. The van der Waals surface area contributed by atoms with E-state index < -0.39 is 11.9 Å². The zero-order chi connectivity index (χ0) is 25.8. The van der Waals surface area contributed by atoms with Crippen LogP contribution in [0.25, 0.3) is 22.0 Å². The summed E-state index contributed by atoms with van der Waals surface area (Å²) < 4.78 is 0. The highest BCUT2D eigenvalue weighted by Crippen LogP contribution is 2.41. The second-order valence-corrected chi connectivity index (χ2v) is 9.35. The molecule has 1 atom stereocenters. The number of nitrogens with two attached hydrogens (primary N) is 1. The summed E-state index contributed by atoms with van der Waals surface area (Å²) in [6.07, 6.45) is 1.62. The molecular formula is C31H26ClN3O2. The van der Waals surface area contributed by atoms with E-state index in [4.69, 9.17) is 17.3 Å². The Bertz CT molecular complexity index is 1520. The Balaban J connectivity index is 1.59. The zero-order valence-electron chi connectivity index (χ0n) is 20.1. The third-order valence-corrected chi connectivity index (χ3v) is 6.74. The molecule has 5 nitrogen and oxygen atoms in total. The molecule has 0 saturated heterocycles. The molecule has 184 valence electrons. The van der Waals surface area contributed by atoms with Crippen molar-refractivity contribution in [2.45, 2.75) is 12.6 Å². The molecule has 0 aliphatic heterocycles. The maximum Gasteiger partial charge on any atom is 0.231 e. The molecule has 1 amide bonds. The van der Waals surface area contributed by atoms with Crippen LogP contribution in [0.4, 0.5) is 0 Å². The molecule has 37 heavy (non-hydrogen) atoms. The number of amides is 1. The molecule has 0 bridgehead atoms. The van der Waals surface area contributed by atoms with E-state index in [0.717, 1.165) is 22.3 Å². The Kier molecular flexibility index (Phi) is 7.17. The predicted molar refractivity (Wildman–Crippen MR) is 148 cm³/mol. The number of aromatic nitrogens is 1. The molecule has 4 aromatic carbocycles. The number of rotatable bonds is 8. The molecule has 0 spiro atoms. The maximum absolute atomic E-state index is 12.3. The van der Waals surface area contributed by atoms with Crippen LogP contribution in [0, 0.1) is 0 Å². The van der Waals surface area contributed by atoms with E-state index in [1.807, 2.05) is 71.6 Å². The number of halogens is 1. The molecule has 1 unspecified atom stereocenters. The third-order valence-electron chi connectivity index (χ3n) is 6.43. The number of benzene rings is 4. The summed E-state index contributed by atoms with van der Waals surface area (Å²) >= 11 is 6.65. The van der Waals surface area contributed by atoms with Gasteiger partial charge in [0, 0.05) is 23.7 Å². The Morgan fingerprint density at radius 1 is 0.892 bits per heavy atom. The number of carbonyl (C=O) groups is 1. The van der Waals surface area contributed by atoms with Gasteiger partial charge in [-0.3, -0.25) is 14.7 Å². The Morgan fingerprint density at radius 2 is 1.54 bits per heavy atom. The first kappa shape index (κ1) is 24.5. The number of hydrogen-bond acceptors (Lipinski definition) is 4. The minimum Gasteiger partial charge on any atom is -0.505 e. The van der Waals surface area contributed by atoms with Crippen LogP contribution in [0.3, 0.4) is 0 Å². The predicted octanol–water partition coefficient (Wildman–Crippen LogP) is 6.34. The smallest absolute Gasteiger partial charge is 0.231 e. The van der Waals surface area contributed by atoms with Gasteiger partial charge in [0.1, 0.15) is 11.3 Å². The second kappa shape index (κ2) is 10.8. The summed E-state index contributed by atoms with van der Waals surface area (Å²) in [4.78, 5) is 18.6. The average molecular weight is 508 g/mol. The van der Waals surface area contributed by atoms with Crippen LogP contribution in [0.1, 0.15) is 22.7 Å². The maximum atomic E-state index is 12.3. The lowest BCUT2D eigenvalue weighted by molar-refractivity contribution is -0.119. The van der Waals surface area contributed by atoms with E-state index in [-0.39, 0.29) is 12.3 Å². The van der Waals surface area contributed by atoms with Crippen molar-refractivity contribution in [2.75, 3.05) is 6.54 Å². The van der Waals surface area contributed by atoms with Crippen molar-refractivity contribution in [3.63, 3.8) is 0 Å². The van der Waals surface area contributed by atoms with Gasteiger partial charge in [-0.2, -0.15) is 0 Å². The topological polar surface area (TPSA) is 79.5 Å². The molecule has 0 aliphatic rings. The van der Waals surface area contributed by atoms with Crippen LogP contribution in [-0.2, 0) is 11.3 Å². The molecule has 0 saturated carbocycles. The van der Waals surface area contributed by atoms with Crippen molar-refractivity contribution in [3.8, 4) is 16.9 Å². The van der Waals surface area contributed by atoms with E-state index in [1.165, 1.54) is 0 Å². The monoisotopic (exact) mass is 507 g/mol. The quantitative estimate of drug-likeness (QED) is 0.257. The van der Waals surface area contributed by atoms with Gasteiger partial charge in [-0.15, -0.1) is 0 Å². The Morgan fingerprint density at radius 3 is 2.22 bits per heavy atom. The van der Waals surface area contributed by atoms with Crippen LogP contribution in [-0.4, -0.2) is 27.4 Å². The van der Waals surface area contributed by atoms with Crippen molar-refractivity contribution in [2.24, 2.45) is 5.73 Å². The van der Waals surface area contributed by atoms with Gasteiger partial charge in [-0.25, -0.2) is 0 Å². The molecule has 3 N–H and O–H groups in total. The van der Waals surface area contributed by atoms with Crippen LogP contribution in [0.5, 0.6) is 5.75 Å². The van der Waals surface area contributed by atoms with E-state index in [1.54, 1.807) is 18.3 Å². The second-order valence-electron chi connectivity index (χ2n) is 8.94. The van der Waals surface area contributed by atoms with Gasteiger partial charge in [0.25, 0.3) is 0 Å². The summed E-state index contributed by atoms with van der Waals surface area (Å²) in [6.45, 7) is 0.409. The molecule has 0 fully saturated rings. The van der Waals surface area contributed by atoms with E-state index in [9.17, 15) is 9.90 Å². The minimum atomic E-state index is -0.494. The van der Waals surface area contributed by atoms with Crippen LogP contribution in [0.2, 0.25) is 5.02 Å². The first-order valence-electron chi connectivity index (χ1n) is 12.0. The molecule has 5 rings (SSSR count). The molecule has 5 aromatic rings. The first-order chi connectivity index (χ1) is 18.0. The van der Waals surface area contributed by atoms with Gasteiger partial charge >= 0.3 is 0 Å². The standard InChI is InChI=1S/C31H26ClN3O2/c32-27-18-26(31(37)29-25(27)12-7-17-34-29)30(24-10-5-2-6-11-24)35(20-28(33)36)19-21-13-15-23(16-14-21)22-8-3-1-4-9-22/h1-18,30,37H,19-20H2,(H2,33,36). The summed E-state index contributed by atoms with van der Waals surface area (Å²) in [5, 5.41) is 12.5. The molecule has 6 heteroatoms. The number of carbonyl (C=O) groups excluding carboxylic acids is 1. The van der Waals surface area contributed by atoms with Crippen molar-refractivity contribution in [3.05, 3.63) is 131 Å². The van der Waals surface area contributed by atoms with Crippen molar-refractivity contribution < 1.29 is 9.90 Å². The Hall–Kier alpha value is -4.19. The fourth-order valence-corrected chi connectivity index (χ4v) is 5.01. The van der Waals surface area contributed by atoms with Gasteiger partial charge < -0.3 is 10.8 Å². The highest BCUT2D eigenvalue weighted by Gasteiger charge is 2.28. The van der Waals surface area contributed by atoms with Crippen LogP contribution in [0.15, 0.2) is 109 Å². The largest absolute Gasteiger partial charge is 0.505 e. The SMILES string of the molecule is NC(=O)CN(Cc1ccc(-c2ccccc2)cc1)C(c1ccccc1)c1cc(Cl)c2cccnc2c1O. The molecule has 1 aromatic heterocycles. The zero-order valence-corrected chi connectivity index (χ0v) is 20.8. The summed E-state index contributed by atoms with van der Waals surface area (Å²) in [5.74, 6) is -0.436. The minimum absolute atomic E-state index is 0.0166. The molecule has 1 heterocycles. The summed E-state index contributed by atoms with van der Waals surface area (Å²) in [6, 6.07) is 33.0. The number of phenols is 1. The number of fused-ring (bicyclic) bond motifs is 1. The van der Waals surface area contributed by atoms with Crippen LogP contribution >= 0.6 is 11.6 Å². The van der Waals surface area contributed by atoms with Crippen LogP contribution < -0.4 is 5.73 Å². The van der Waals surface area contributed by atoms with Gasteiger partial charge in [-0.1, -0.05) is 96.5 Å². The van der Waals surface area contributed by atoms with Crippen molar-refractivity contribution >= 4 is 28.4 Å². The van der Waals surface area contributed by atoms with Crippen molar-refractivity contribution in [1.29, 1.82) is 0 Å². The molecule has 0 radical (unpaired) electrons. The van der Waals surface area contributed by atoms with E-state index in [2.05, 4.69) is 29.2 Å². The number of pyridine rings is 1. The van der Waals surface area contributed by atoms with Gasteiger partial charge in [0.05, 0.1) is 17.6 Å². The van der Waals surface area contributed by atoms with Gasteiger partial charge in [-0.05, 0) is 40.5 Å². The molecule has 0 aliphatic carbocycles. The number of phenolic OH excluding ortho intramolecular Hbond substituents is 1.